The maximum Gasteiger partial charge on any atom is 0.242 e. The van der Waals surface area contributed by atoms with Crippen molar-refractivity contribution in [1.82, 2.24) is 25.5 Å². The van der Waals surface area contributed by atoms with Crippen LogP contribution in [0.4, 0.5) is 5.95 Å². The van der Waals surface area contributed by atoms with Crippen LogP contribution in [0.2, 0.25) is 0 Å². The van der Waals surface area contributed by atoms with Crippen LogP contribution in [0.5, 0.6) is 11.5 Å². The van der Waals surface area contributed by atoms with Gasteiger partial charge < -0.3 is 37.3 Å². The first-order valence-corrected chi connectivity index (χ1v) is 6.39. The minimum atomic E-state index is -0.0993. The summed E-state index contributed by atoms with van der Waals surface area (Å²) in [4.78, 5) is 0. The molecule has 2 aromatic rings. The normalized spacial score (nSPS) is 14.8. The van der Waals surface area contributed by atoms with Gasteiger partial charge in [0, 0.05) is 13.6 Å². The zero-order valence-electron chi connectivity index (χ0n) is 12.9. The molecule has 11 nitrogen and oxygen atoms in total. The molecule has 0 spiro atoms. The van der Waals surface area contributed by atoms with Crippen LogP contribution in [0, 0.1) is 0 Å². The largest absolute Gasteiger partial charge is 0.504 e. The van der Waals surface area contributed by atoms with Crippen LogP contribution in [0.25, 0.3) is 0 Å². The Morgan fingerprint density at radius 2 is 1.92 bits per heavy atom. The van der Waals surface area contributed by atoms with Crippen molar-refractivity contribution in [2.24, 2.45) is 7.05 Å². The third kappa shape index (κ3) is 4.66. The van der Waals surface area contributed by atoms with Crippen molar-refractivity contribution in [1.29, 1.82) is 0 Å². The average Bonchev–Trinajstić information content (AvgIpc) is 2.83. The lowest BCUT2D eigenvalue weighted by Gasteiger charge is -2.27. The highest BCUT2D eigenvalue weighted by molar-refractivity contribution is 5.85. The van der Waals surface area contributed by atoms with Gasteiger partial charge in [0.2, 0.25) is 5.95 Å². The van der Waals surface area contributed by atoms with Gasteiger partial charge in [0.15, 0.2) is 11.5 Å². The lowest BCUT2D eigenvalue weighted by molar-refractivity contribution is 0.399. The van der Waals surface area contributed by atoms with Crippen molar-refractivity contribution < 1.29 is 26.6 Å². The molecular formula is C12H23ClN6O5. The van der Waals surface area contributed by atoms with Crippen molar-refractivity contribution in [3.8, 4) is 11.5 Å². The molecule has 138 valence electrons. The molecular weight excluding hydrogens is 344 g/mol. The monoisotopic (exact) mass is 366 g/mol. The predicted molar refractivity (Wildman–Crippen MR) is 89.6 cm³/mol. The van der Waals surface area contributed by atoms with Crippen LogP contribution < -0.4 is 10.6 Å². The van der Waals surface area contributed by atoms with Crippen molar-refractivity contribution in [2.75, 3.05) is 18.4 Å². The maximum absolute atomic E-state index is 9.65. The number of aromatic nitrogens is 4. The summed E-state index contributed by atoms with van der Waals surface area (Å²) < 4.78 is 1.55. The third-order valence-corrected chi connectivity index (χ3v) is 3.48. The first kappa shape index (κ1) is 24.1. The van der Waals surface area contributed by atoms with Crippen molar-refractivity contribution >= 4 is 18.4 Å². The average molecular weight is 367 g/mol. The van der Waals surface area contributed by atoms with E-state index in [0.717, 1.165) is 24.1 Å². The molecule has 12 heteroatoms. The number of nitrogens with one attached hydrogen (secondary N) is 2. The number of benzene rings is 1. The van der Waals surface area contributed by atoms with Crippen LogP contribution >= 0.6 is 12.4 Å². The summed E-state index contributed by atoms with van der Waals surface area (Å²) in [5.41, 5.74) is 2.02. The first-order valence-electron chi connectivity index (χ1n) is 6.39. The molecule has 1 aromatic carbocycles. The van der Waals surface area contributed by atoms with E-state index < -0.39 is 0 Å². The Labute approximate surface area is 144 Å². The fourth-order valence-corrected chi connectivity index (χ4v) is 2.42. The Morgan fingerprint density at radius 3 is 2.54 bits per heavy atom. The van der Waals surface area contributed by atoms with Crippen LogP contribution in [-0.2, 0) is 13.5 Å². The number of tetrazole rings is 1. The van der Waals surface area contributed by atoms with E-state index in [1.165, 1.54) is 0 Å². The molecule has 1 aliphatic rings. The fourth-order valence-electron chi connectivity index (χ4n) is 2.42. The molecule has 0 aliphatic carbocycles. The highest BCUT2D eigenvalue weighted by Crippen LogP contribution is 2.33. The number of hydrogen-bond acceptors (Lipinski definition) is 7. The van der Waals surface area contributed by atoms with Gasteiger partial charge >= 0.3 is 0 Å². The van der Waals surface area contributed by atoms with Crippen molar-refractivity contribution in [3.63, 3.8) is 0 Å². The molecule has 0 fully saturated rings. The van der Waals surface area contributed by atoms with Crippen LogP contribution in [0.1, 0.15) is 17.2 Å². The van der Waals surface area contributed by atoms with Crippen LogP contribution in [0.3, 0.4) is 0 Å². The van der Waals surface area contributed by atoms with Gasteiger partial charge in [-0.15, -0.1) is 12.4 Å². The molecule has 2 heterocycles. The van der Waals surface area contributed by atoms with Crippen molar-refractivity contribution in [3.05, 3.63) is 23.3 Å². The van der Waals surface area contributed by atoms with E-state index in [-0.39, 0.29) is 46.4 Å². The second-order valence-electron chi connectivity index (χ2n) is 4.80. The number of fused-ring (bicyclic) bond motifs is 1. The predicted octanol–water partition coefficient (Wildman–Crippen LogP) is -2.13. The van der Waals surface area contributed by atoms with E-state index in [1.807, 2.05) is 0 Å². The Balaban J connectivity index is 0. The van der Waals surface area contributed by atoms with Gasteiger partial charge in [0.05, 0.1) is 6.04 Å². The number of halogens is 1. The molecule has 1 atom stereocenters. The van der Waals surface area contributed by atoms with Gasteiger partial charge in [-0.25, -0.2) is 4.68 Å². The van der Waals surface area contributed by atoms with Gasteiger partial charge in [0.1, 0.15) is 0 Å². The Kier molecular flexibility index (Phi) is 9.88. The lowest BCUT2D eigenvalue weighted by Crippen LogP contribution is -2.34. The summed E-state index contributed by atoms with van der Waals surface area (Å²) in [6.07, 6.45) is 0.825. The SMILES string of the molecule is Cl.Cn1nnnc1NCC1NCCc2cc(O)c(O)cc21.O.O.O. The van der Waals surface area contributed by atoms with Gasteiger partial charge in [-0.1, -0.05) is 5.10 Å². The number of nitrogens with zero attached hydrogens (tertiary/aromatic N) is 4. The molecule has 24 heavy (non-hydrogen) atoms. The Morgan fingerprint density at radius 1 is 1.25 bits per heavy atom. The Hall–Kier alpha value is -2.18. The molecule has 0 amide bonds. The summed E-state index contributed by atoms with van der Waals surface area (Å²) in [6, 6.07) is 3.27. The van der Waals surface area contributed by atoms with Crippen LogP contribution in [0.15, 0.2) is 12.1 Å². The van der Waals surface area contributed by atoms with Gasteiger partial charge in [-0.05, 0) is 46.7 Å². The summed E-state index contributed by atoms with van der Waals surface area (Å²) in [5, 5.41) is 36.9. The summed E-state index contributed by atoms with van der Waals surface area (Å²) in [6.45, 7) is 1.41. The number of phenolic OH excluding ortho intramolecular Hbond substituents is 2. The van der Waals surface area contributed by atoms with Crippen LogP contribution in [-0.4, -0.2) is 59.9 Å². The first-order chi connectivity index (χ1) is 9.65. The van der Waals surface area contributed by atoms with E-state index >= 15 is 0 Å². The minimum absolute atomic E-state index is 0. The number of aryl methyl sites for hydroxylation is 1. The molecule has 0 bridgehead atoms. The molecule has 1 aromatic heterocycles. The summed E-state index contributed by atoms with van der Waals surface area (Å²) >= 11 is 0. The third-order valence-electron chi connectivity index (χ3n) is 3.48. The highest BCUT2D eigenvalue weighted by Gasteiger charge is 2.22. The second-order valence-corrected chi connectivity index (χ2v) is 4.80. The number of anilines is 1. The molecule has 0 radical (unpaired) electrons. The molecule has 0 saturated carbocycles. The topological polar surface area (TPSA) is 203 Å². The zero-order valence-corrected chi connectivity index (χ0v) is 13.8. The minimum Gasteiger partial charge on any atom is -0.504 e. The van der Waals surface area contributed by atoms with Gasteiger partial charge in [0.25, 0.3) is 0 Å². The molecule has 1 aliphatic heterocycles. The maximum atomic E-state index is 9.65. The lowest BCUT2D eigenvalue weighted by atomic mass is 9.93. The highest BCUT2D eigenvalue weighted by atomic mass is 35.5. The fraction of sp³-hybridized carbons (Fsp3) is 0.417. The Bertz CT molecular complexity index is 640. The molecule has 10 N–H and O–H groups in total. The van der Waals surface area contributed by atoms with E-state index in [0.29, 0.717) is 12.5 Å². The summed E-state index contributed by atoms with van der Waals surface area (Å²) in [7, 11) is 1.76. The quantitative estimate of drug-likeness (QED) is 0.443. The smallest absolute Gasteiger partial charge is 0.242 e. The number of phenols is 2. The number of rotatable bonds is 3. The van der Waals surface area contributed by atoms with Crippen molar-refractivity contribution in [2.45, 2.75) is 12.5 Å². The zero-order chi connectivity index (χ0) is 14.1. The van der Waals surface area contributed by atoms with E-state index in [4.69, 9.17) is 0 Å². The molecule has 1 unspecified atom stereocenters. The van der Waals surface area contributed by atoms with E-state index in [9.17, 15) is 10.2 Å². The number of hydrogen-bond donors (Lipinski definition) is 4. The van der Waals surface area contributed by atoms with Gasteiger partial charge in [-0.2, -0.15) is 0 Å². The van der Waals surface area contributed by atoms with E-state index in [2.05, 4.69) is 26.2 Å². The molecule has 0 saturated heterocycles. The van der Waals surface area contributed by atoms with E-state index in [1.54, 1.807) is 23.9 Å². The summed E-state index contributed by atoms with van der Waals surface area (Å²) in [5.74, 6) is 0.412. The molecule has 3 rings (SSSR count). The van der Waals surface area contributed by atoms with Gasteiger partial charge in [-0.3, -0.25) is 0 Å². The standard InChI is InChI=1S/C12H16N6O2.ClH.3H2O/c1-18-12(15-16-17-18)14-6-9-8-5-11(20)10(19)4-7(8)2-3-13-9;;;;/h4-5,9,13,19-20H,2-3,6H2,1H3,(H,14,15,17);1H;3*1H2. The number of aromatic hydroxyl groups is 2. The second kappa shape index (κ2) is 9.85.